The van der Waals surface area contributed by atoms with Crippen LogP contribution in [0.3, 0.4) is 0 Å². The molecule has 0 radical (unpaired) electrons. The zero-order valence-electron chi connectivity index (χ0n) is 22.1. The average molecular weight is 521 g/mol. The first-order valence-corrected chi connectivity index (χ1v) is 13.2. The lowest BCUT2D eigenvalue weighted by atomic mass is 9.95. The molecule has 8 nitrogen and oxygen atoms in total. The van der Waals surface area contributed by atoms with Crippen LogP contribution in [0.25, 0.3) is 5.76 Å². The monoisotopic (exact) mass is 520 g/mol. The summed E-state index contributed by atoms with van der Waals surface area (Å²) in [5.41, 5.74) is 0.959. The molecule has 0 spiro atoms. The number of nitrogens with zero attached hydrogens (tertiary/aromatic N) is 1. The molecule has 2 aromatic rings. The molecule has 1 amide bonds. The quantitative estimate of drug-likeness (QED) is 0.209. The van der Waals surface area contributed by atoms with Gasteiger partial charge >= 0.3 is 0 Å². The first-order chi connectivity index (χ1) is 18.4. The molecule has 8 heteroatoms. The second-order valence-electron chi connectivity index (χ2n) is 9.80. The van der Waals surface area contributed by atoms with Gasteiger partial charge in [-0.3, -0.25) is 9.59 Å². The maximum atomic E-state index is 13.7. The van der Waals surface area contributed by atoms with Crippen molar-refractivity contribution in [2.45, 2.75) is 32.4 Å². The highest BCUT2D eigenvalue weighted by atomic mass is 16.5. The molecule has 0 saturated carbocycles. The molecule has 2 fully saturated rings. The minimum atomic E-state index is -0.791. The van der Waals surface area contributed by atoms with Crippen LogP contribution in [0.4, 0.5) is 0 Å². The fourth-order valence-corrected chi connectivity index (χ4v) is 4.90. The molecule has 2 aliphatic rings. The average Bonchev–Trinajstić information content (AvgIpc) is 3.17. The van der Waals surface area contributed by atoms with E-state index in [1.807, 2.05) is 19.9 Å². The van der Waals surface area contributed by atoms with Crippen molar-refractivity contribution in [3.05, 3.63) is 77.9 Å². The molecule has 0 bridgehead atoms. The number of carbonyl (C=O) groups is 2. The fraction of sp³-hybridized carbons (Fsp3) is 0.400. The number of benzene rings is 2. The van der Waals surface area contributed by atoms with E-state index in [-0.39, 0.29) is 11.7 Å². The number of hydrogen-bond donors (Lipinski definition) is 1. The number of ether oxygens (including phenoxy) is 3. The third-order valence-corrected chi connectivity index (χ3v) is 6.69. The Morgan fingerprint density at radius 3 is 2.58 bits per heavy atom. The molecule has 2 saturated heterocycles. The molecule has 202 valence electrons. The molecule has 4 rings (SSSR count). The molecule has 2 heterocycles. The predicted octanol–water partition coefficient (Wildman–Crippen LogP) is 1.57. The summed E-state index contributed by atoms with van der Waals surface area (Å²) in [5, 5.41) is 13.7. The molecule has 0 aliphatic carbocycles. The summed E-state index contributed by atoms with van der Waals surface area (Å²) in [6.45, 7) is 12.4. The Morgan fingerprint density at radius 2 is 1.89 bits per heavy atom. The van der Waals surface area contributed by atoms with Gasteiger partial charge in [0.15, 0.2) is 0 Å². The Morgan fingerprint density at radius 1 is 1.16 bits per heavy atom. The standard InChI is InChI=1S/C30H36N2O6/c1-4-17-37-25-8-5-7-23(20-25)27-26(28(33)22-9-11-24(12-10-22)38-21(2)3)29(34)30(35)32(27)14-6-13-31-15-18-36-19-16-31/h4-5,7-12,20-21,27,33H,1,6,13-19H2,2-3H3. The second kappa shape index (κ2) is 12.8. The maximum absolute atomic E-state index is 13.7. The van der Waals surface area contributed by atoms with E-state index in [1.54, 1.807) is 48.5 Å². The largest absolute Gasteiger partial charge is 0.872 e. The van der Waals surface area contributed by atoms with Crippen molar-refractivity contribution in [3.8, 4) is 11.5 Å². The summed E-state index contributed by atoms with van der Waals surface area (Å²) in [6, 6.07) is 13.1. The van der Waals surface area contributed by atoms with Gasteiger partial charge in [-0.1, -0.05) is 42.7 Å². The second-order valence-corrected chi connectivity index (χ2v) is 9.80. The van der Waals surface area contributed by atoms with E-state index in [2.05, 4.69) is 6.58 Å². The van der Waals surface area contributed by atoms with Crippen LogP contribution in [0.1, 0.15) is 37.4 Å². The van der Waals surface area contributed by atoms with Crippen LogP contribution >= 0.6 is 0 Å². The first kappa shape index (κ1) is 27.4. The van der Waals surface area contributed by atoms with E-state index < -0.39 is 23.5 Å². The van der Waals surface area contributed by atoms with Crippen LogP contribution in [0, 0.1) is 0 Å². The smallest absolute Gasteiger partial charge is 0.295 e. The van der Waals surface area contributed by atoms with E-state index in [1.165, 1.54) is 9.80 Å². The lowest BCUT2D eigenvalue weighted by molar-refractivity contribution is -0.908. The summed E-state index contributed by atoms with van der Waals surface area (Å²) in [6.07, 6.45) is 2.34. The van der Waals surface area contributed by atoms with E-state index >= 15 is 0 Å². The summed E-state index contributed by atoms with van der Waals surface area (Å²) in [7, 11) is 0. The van der Waals surface area contributed by atoms with Crippen molar-refractivity contribution in [2.24, 2.45) is 0 Å². The van der Waals surface area contributed by atoms with E-state index in [4.69, 9.17) is 14.2 Å². The number of amides is 1. The van der Waals surface area contributed by atoms with Crippen molar-refractivity contribution in [3.63, 3.8) is 0 Å². The van der Waals surface area contributed by atoms with Crippen molar-refractivity contribution in [1.82, 2.24) is 4.90 Å². The normalized spacial score (nSPS) is 19.7. The highest BCUT2D eigenvalue weighted by molar-refractivity contribution is 6.46. The number of nitrogens with one attached hydrogen (secondary N) is 1. The molecule has 0 aromatic heterocycles. The minimum absolute atomic E-state index is 0.00668. The van der Waals surface area contributed by atoms with Gasteiger partial charge < -0.3 is 29.1 Å². The number of carbonyl (C=O) groups excluding carboxylic acids is 2. The highest BCUT2D eigenvalue weighted by Gasteiger charge is 2.44. The highest BCUT2D eigenvalue weighted by Crippen LogP contribution is 2.39. The minimum Gasteiger partial charge on any atom is -0.872 e. The van der Waals surface area contributed by atoms with Crippen molar-refractivity contribution in [1.29, 1.82) is 0 Å². The molecule has 1 N–H and O–H groups in total. The lowest BCUT2D eigenvalue weighted by Crippen LogP contribution is -3.14. The van der Waals surface area contributed by atoms with Crippen LogP contribution in [-0.2, 0) is 14.3 Å². The predicted molar refractivity (Wildman–Crippen MR) is 142 cm³/mol. The van der Waals surface area contributed by atoms with Gasteiger partial charge in [0.05, 0.1) is 31.9 Å². The third kappa shape index (κ3) is 6.44. The Bertz CT molecular complexity index is 1170. The lowest BCUT2D eigenvalue weighted by Gasteiger charge is -2.29. The van der Waals surface area contributed by atoms with Gasteiger partial charge in [-0.15, -0.1) is 0 Å². The van der Waals surface area contributed by atoms with Crippen molar-refractivity contribution in [2.75, 3.05) is 46.0 Å². The van der Waals surface area contributed by atoms with Gasteiger partial charge in [-0.2, -0.15) is 0 Å². The number of hydrogen-bond acceptors (Lipinski definition) is 6. The number of rotatable bonds is 11. The summed E-state index contributed by atoms with van der Waals surface area (Å²) >= 11 is 0. The van der Waals surface area contributed by atoms with Crippen LogP contribution in [-0.4, -0.2) is 68.7 Å². The van der Waals surface area contributed by atoms with E-state index in [0.717, 1.165) is 32.8 Å². The molecule has 1 atom stereocenters. The number of morpholine rings is 1. The summed E-state index contributed by atoms with van der Waals surface area (Å²) in [4.78, 5) is 29.5. The molecule has 2 aromatic carbocycles. The SMILES string of the molecule is C=CCOc1cccc(C2C(=C([O-])c3ccc(OC(C)C)cc3)C(=O)C(=O)N2CCC[NH+]2CCOCC2)c1. The van der Waals surface area contributed by atoms with Gasteiger partial charge in [0.2, 0.25) is 5.78 Å². The molecular weight excluding hydrogens is 484 g/mol. The third-order valence-electron chi connectivity index (χ3n) is 6.69. The van der Waals surface area contributed by atoms with Gasteiger partial charge in [0, 0.05) is 18.5 Å². The Hall–Kier alpha value is -3.62. The Labute approximate surface area is 224 Å². The number of likely N-dealkylation sites (tertiary alicyclic amines) is 1. The first-order valence-electron chi connectivity index (χ1n) is 13.2. The van der Waals surface area contributed by atoms with Gasteiger partial charge in [0.25, 0.3) is 5.91 Å². The number of quaternary nitrogens is 1. The van der Waals surface area contributed by atoms with Crippen LogP contribution in [0.2, 0.25) is 0 Å². The van der Waals surface area contributed by atoms with Crippen LogP contribution in [0.15, 0.2) is 66.8 Å². The Balaban J connectivity index is 1.67. The molecule has 38 heavy (non-hydrogen) atoms. The van der Waals surface area contributed by atoms with Crippen LogP contribution < -0.4 is 19.5 Å². The van der Waals surface area contributed by atoms with Crippen molar-refractivity contribution >= 4 is 17.4 Å². The van der Waals surface area contributed by atoms with E-state index in [0.29, 0.717) is 42.2 Å². The van der Waals surface area contributed by atoms with Gasteiger partial charge in [-0.05, 0) is 49.2 Å². The summed E-state index contributed by atoms with van der Waals surface area (Å²) < 4.78 is 16.8. The maximum Gasteiger partial charge on any atom is 0.295 e. The van der Waals surface area contributed by atoms with Crippen molar-refractivity contribution < 1.29 is 33.8 Å². The van der Waals surface area contributed by atoms with Gasteiger partial charge in [-0.25, -0.2) is 0 Å². The van der Waals surface area contributed by atoms with Crippen LogP contribution in [0.5, 0.6) is 11.5 Å². The summed E-state index contributed by atoms with van der Waals surface area (Å²) in [5.74, 6) is -0.644. The Kier molecular flexibility index (Phi) is 9.20. The van der Waals surface area contributed by atoms with E-state index in [9.17, 15) is 14.7 Å². The molecule has 1 unspecified atom stereocenters. The number of ketones is 1. The fourth-order valence-electron chi connectivity index (χ4n) is 4.90. The molecular formula is C30H36N2O6. The zero-order valence-corrected chi connectivity index (χ0v) is 22.1. The zero-order chi connectivity index (χ0) is 27.1. The number of Topliss-reactive ketones (excluding diaryl/α,β-unsaturated/α-hetero) is 1. The molecule has 2 aliphatic heterocycles. The van der Waals surface area contributed by atoms with Gasteiger partial charge in [0.1, 0.15) is 31.2 Å². The topological polar surface area (TPSA) is 92.6 Å².